The monoisotopic (exact) mass is 193 g/mol. The fraction of sp³-hybridized carbons (Fsp3) is 0.800. The van der Waals surface area contributed by atoms with Gasteiger partial charge < -0.3 is 10.2 Å². The molecular formula is C10H15N3O. The summed E-state index contributed by atoms with van der Waals surface area (Å²) < 4.78 is 0. The standard InChI is InChI=1S/C10H15N3O/c11-5-8-1-3-13(4-2-8)10(14)9-6-12-7-9/h8-9,12H,1-4,6-7H2. The minimum absolute atomic E-state index is 0.165. The molecule has 1 amide bonds. The van der Waals surface area contributed by atoms with Gasteiger partial charge in [-0.1, -0.05) is 0 Å². The molecule has 0 spiro atoms. The molecule has 2 fully saturated rings. The Balaban J connectivity index is 1.82. The maximum absolute atomic E-state index is 11.8. The van der Waals surface area contributed by atoms with E-state index in [1.165, 1.54) is 0 Å². The molecule has 2 rings (SSSR count). The van der Waals surface area contributed by atoms with Crippen LogP contribution in [0.5, 0.6) is 0 Å². The molecule has 2 heterocycles. The highest BCUT2D eigenvalue weighted by molar-refractivity contribution is 5.80. The predicted molar refractivity (Wildman–Crippen MR) is 51.3 cm³/mol. The lowest BCUT2D eigenvalue weighted by molar-refractivity contribution is -0.138. The van der Waals surface area contributed by atoms with Gasteiger partial charge in [-0.3, -0.25) is 4.79 Å². The third kappa shape index (κ3) is 1.73. The molecule has 0 aromatic rings. The highest BCUT2D eigenvalue weighted by Crippen LogP contribution is 2.18. The Hall–Kier alpha value is -1.08. The van der Waals surface area contributed by atoms with E-state index in [1.54, 1.807) is 0 Å². The topological polar surface area (TPSA) is 56.1 Å². The van der Waals surface area contributed by atoms with Crippen LogP contribution in [0.3, 0.4) is 0 Å². The van der Waals surface area contributed by atoms with Crippen molar-refractivity contribution in [3.8, 4) is 6.07 Å². The molecule has 4 heteroatoms. The molecule has 0 saturated carbocycles. The van der Waals surface area contributed by atoms with Crippen LogP contribution in [0.25, 0.3) is 0 Å². The van der Waals surface area contributed by atoms with Gasteiger partial charge in [0.2, 0.25) is 5.91 Å². The van der Waals surface area contributed by atoms with Crippen LogP contribution in [0.1, 0.15) is 12.8 Å². The van der Waals surface area contributed by atoms with Crippen LogP contribution >= 0.6 is 0 Å². The van der Waals surface area contributed by atoms with Crippen molar-refractivity contribution in [1.29, 1.82) is 5.26 Å². The third-order valence-electron chi connectivity index (χ3n) is 3.12. The summed E-state index contributed by atoms with van der Waals surface area (Å²) in [6.07, 6.45) is 1.70. The summed E-state index contributed by atoms with van der Waals surface area (Å²) in [6.45, 7) is 3.20. The average Bonchev–Trinajstić information content (AvgIpc) is 2.15. The zero-order valence-corrected chi connectivity index (χ0v) is 8.20. The second-order valence-electron chi connectivity index (χ2n) is 4.08. The van der Waals surface area contributed by atoms with E-state index in [2.05, 4.69) is 11.4 Å². The lowest BCUT2D eigenvalue weighted by Gasteiger charge is -2.35. The van der Waals surface area contributed by atoms with E-state index in [0.29, 0.717) is 0 Å². The fourth-order valence-corrected chi connectivity index (χ4v) is 1.95. The minimum atomic E-state index is 0.165. The Morgan fingerprint density at radius 3 is 2.43 bits per heavy atom. The Bertz CT molecular complexity index is 259. The summed E-state index contributed by atoms with van der Waals surface area (Å²) in [6, 6.07) is 2.27. The first-order valence-electron chi connectivity index (χ1n) is 5.20. The first-order chi connectivity index (χ1) is 6.81. The predicted octanol–water partition coefficient (Wildman–Crippen LogP) is -0.0320. The van der Waals surface area contributed by atoms with Crippen LogP contribution in [-0.4, -0.2) is 37.0 Å². The van der Waals surface area contributed by atoms with Gasteiger partial charge in [-0.2, -0.15) is 5.26 Å². The van der Waals surface area contributed by atoms with E-state index in [-0.39, 0.29) is 17.7 Å². The van der Waals surface area contributed by atoms with Gasteiger partial charge >= 0.3 is 0 Å². The molecule has 14 heavy (non-hydrogen) atoms. The van der Waals surface area contributed by atoms with Gasteiger partial charge in [-0.25, -0.2) is 0 Å². The average molecular weight is 193 g/mol. The number of nitriles is 1. The highest BCUT2D eigenvalue weighted by atomic mass is 16.2. The van der Waals surface area contributed by atoms with Crippen LogP contribution in [0.4, 0.5) is 0 Å². The molecule has 0 bridgehead atoms. The molecule has 76 valence electrons. The SMILES string of the molecule is N#CC1CCN(C(=O)C2CNC2)CC1. The van der Waals surface area contributed by atoms with Crippen LogP contribution in [0, 0.1) is 23.2 Å². The zero-order chi connectivity index (χ0) is 9.97. The molecule has 2 aliphatic heterocycles. The van der Waals surface area contributed by atoms with Gasteiger partial charge in [-0.05, 0) is 12.8 Å². The van der Waals surface area contributed by atoms with Crippen molar-refractivity contribution in [3.63, 3.8) is 0 Å². The molecule has 2 saturated heterocycles. The Labute approximate surface area is 83.9 Å². The van der Waals surface area contributed by atoms with E-state index < -0.39 is 0 Å². The van der Waals surface area contributed by atoms with Crippen molar-refractivity contribution in [1.82, 2.24) is 10.2 Å². The fourth-order valence-electron chi connectivity index (χ4n) is 1.95. The summed E-state index contributed by atoms with van der Waals surface area (Å²) >= 11 is 0. The van der Waals surface area contributed by atoms with Gasteiger partial charge in [-0.15, -0.1) is 0 Å². The Morgan fingerprint density at radius 1 is 1.36 bits per heavy atom. The van der Waals surface area contributed by atoms with Crippen molar-refractivity contribution < 1.29 is 4.79 Å². The molecule has 0 aliphatic carbocycles. The number of amides is 1. The first-order valence-corrected chi connectivity index (χ1v) is 5.20. The number of nitrogens with one attached hydrogen (secondary N) is 1. The first kappa shape index (κ1) is 9.47. The van der Waals surface area contributed by atoms with Crippen LogP contribution in [0.2, 0.25) is 0 Å². The number of hydrogen-bond acceptors (Lipinski definition) is 3. The summed E-state index contributed by atoms with van der Waals surface area (Å²) in [5.74, 6) is 0.646. The molecule has 0 aromatic carbocycles. The number of carbonyl (C=O) groups excluding carboxylic acids is 1. The lowest BCUT2D eigenvalue weighted by Crippen LogP contribution is -2.53. The zero-order valence-electron chi connectivity index (χ0n) is 8.20. The summed E-state index contributed by atoms with van der Waals surface area (Å²) in [5, 5.41) is 11.8. The number of likely N-dealkylation sites (tertiary alicyclic amines) is 1. The summed E-state index contributed by atoms with van der Waals surface area (Å²) in [4.78, 5) is 13.7. The van der Waals surface area contributed by atoms with E-state index >= 15 is 0 Å². The molecule has 0 atom stereocenters. The van der Waals surface area contributed by atoms with Crippen LogP contribution in [-0.2, 0) is 4.79 Å². The van der Waals surface area contributed by atoms with Crippen LogP contribution in [0.15, 0.2) is 0 Å². The van der Waals surface area contributed by atoms with E-state index in [4.69, 9.17) is 5.26 Å². The van der Waals surface area contributed by atoms with Gasteiger partial charge in [0.1, 0.15) is 0 Å². The van der Waals surface area contributed by atoms with Gasteiger partial charge in [0.15, 0.2) is 0 Å². The van der Waals surface area contributed by atoms with Crippen molar-refractivity contribution in [2.75, 3.05) is 26.2 Å². The third-order valence-corrected chi connectivity index (χ3v) is 3.12. The summed E-state index contributed by atoms with van der Waals surface area (Å²) in [7, 11) is 0. The smallest absolute Gasteiger partial charge is 0.228 e. The molecule has 0 aromatic heterocycles. The molecule has 2 aliphatic rings. The quantitative estimate of drug-likeness (QED) is 0.636. The Kier molecular flexibility index (Phi) is 2.69. The molecule has 1 N–H and O–H groups in total. The van der Waals surface area contributed by atoms with E-state index in [0.717, 1.165) is 39.0 Å². The normalized spacial score (nSPS) is 24.1. The van der Waals surface area contributed by atoms with Crippen molar-refractivity contribution in [2.24, 2.45) is 11.8 Å². The molecular weight excluding hydrogens is 178 g/mol. The van der Waals surface area contributed by atoms with Crippen molar-refractivity contribution >= 4 is 5.91 Å². The maximum Gasteiger partial charge on any atom is 0.228 e. The van der Waals surface area contributed by atoms with Gasteiger partial charge in [0, 0.05) is 32.1 Å². The number of rotatable bonds is 1. The second kappa shape index (κ2) is 3.97. The Morgan fingerprint density at radius 2 is 2.00 bits per heavy atom. The number of carbonyl (C=O) groups is 1. The second-order valence-corrected chi connectivity index (χ2v) is 4.08. The lowest BCUT2D eigenvalue weighted by atomic mass is 9.95. The molecule has 0 radical (unpaired) electrons. The molecule has 0 unspecified atom stereocenters. The van der Waals surface area contributed by atoms with Crippen molar-refractivity contribution in [3.05, 3.63) is 0 Å². The largest absolute Gasteiger partial charge is 0.342 e. The van der Waals surface area contributed by atoms with Crippen molar-refractivity contribution in [2.45, 2.75) is 12.8 Å². The number of hydrogen-bond donors (Lipinski definition) is 1. The van der Waals surface area contributed by atoms with Gasteiger partial charge in [0.25, 0.3) is 0 Å². The van der Waals surface area contributed by atoms with Crippen LogP contribution < -0.4 is 5.32 Å². The minimum Gasteiger partial charge on any atom is -0.342 e. The van der Waals surface area contributed by atoms with Gasteiger partial charge in [0.05, 0.1) is 12.0 Å². The maximum atomic E-state index is 11.8. The highest BCUT2D eigenvalue weighted by Gasteiger charge is 2.31. The number of nitrogens with zero attached hydrogens (tertiary/aromatic N) is 2. The van der Waals surface area contributed by atoms with E-state index in [9.17, 15) is 4.79 Å². The molecule has 4 nitrogen and oxygen atoms in total. The van der Waals surface area contributed by atoms with E-state index in [1.807, 2.05) is 4.90 Å². The summed E-state index contributed by atoms with van der Waals surface area (Å²) in [5.41, 5.74) is 0. The number of piperidine rings is 1.